The van der Waals surface area contributed by atoms with Crippen molar-refractivity contribution in [1.29, 1.82) is 0 Å². The molecule has 3 N–H and O–H groups in total. The number of nitrogens with two attached hydrogens (primary N) is 1. The summed E-state index contributed by atoms with van der Waals surface area (Å²) in [6.45, 7) is 0. The van der Waals surface area contributed by atoms with Crippen LogP contribution in [0.5, 0.6) is 0 Å². The number of hydrogen-bond donors (Lipinski definition) is 2. The molecule has 0 fully saturated rings. The van der Waals surface area contributed by atoms with E-state index < -0.39 is 22.0 Å². The summed E-state index contributed by atoms with van der Waals surface area (Å²) in [7, 11) is -0.624. The number of carbonyl (C=O) groups is 2. The monoisotopic (exact) mass is 386 g/mol. The van der Waals surface area contributed by atoms with Crippen molar-refractivity contribution in [2.24, 2.45) is 5.73 Å². The minimum Gasteiger partial charge on any atom is -0.431 e. The van der Waals surface area contributed by atoms with Gasteiger partial charge in [0.15, 0.2) is 5.58 Å². The fourth-order valence-electron chi connectivity index (χ4n) is 1.91. The molecule has 0 aliphatic carbocycles. The maximum absolute atomic E-state index is 12.1. The molecule has 0 unspecified atom stereocenters. The second kappa shape index (κ2) is 7.85. The van der Waals surface area contributed by atoms with E-state index in [1.165, 1.54) is 38.0 Å². The zero-order chi connectivity index (χ0) is 18.6. The van der Waals surface area contributed by atoms with Gasteiger partial charge in [-0.15, -0.1) is 0 Å². The smallest absolute Gasteiger partial charge is 0.318 e. The van der Waals surface area contributed by atoms with Gasteiger partial charge in [0, 0.05) is 26.3 Å². The topological polar surface area (TPSA) is 136 Å². The Labute approximate surface area is 149 Å². The molecule has 2 rings (SSSR count). The molecule has 1 aromatic carbocycles. The molecule has 1 aromatic heterocycles. The second-order valence-corrected chi connectivity index (χ2v) is 8.46. The molecule has 0 saturated carbocycles. The highest BCUT2D eigenvalue weighted by atomic mass is 32.2. The summed E-state index contributed by atoms with van der Waals surface area (Å²) >= 11 is 1.29. The quantitative estimate of drug-likeness (QED) is 0.538. The van der Waals surface area contributed by atoms with Crippen LogP contribution in [0.3, 0.4) is 0 Å². The Morgan fingerprint density at radius 1 is 1.36 bits per heavy atom. The van der Waals surface area contributed by atoms with E-state index >= 15 is 0 Å². The average molecular weight is 386 g/mol. The number of fused-ring (bicyclic) bond motifs is 1. The number of benzene rings is 1. The predicted molar refractivity (Wildman–Crippen MR) is 92.6 cm³/mol. The standard InChI is InChI=1S/C14H18N4O5S2/c1-18(2)25(21,22)9-5-6-11-10(8-9)16-14(23-11)24-7-3-4-12(19)17-13(15)20/h5-6,8H,3-4,7H2,1-2H3,(H3,15,17,19,20). The van der Waals surface area contributed by atoms with Crippen LogP contribution in [0.25, 0.3) is 11.1 Å². The number of sulfonamides is 1. The molecule has 9 nitrogen and oxygen atoms in total. The van der Waals surface area contributed by atoms with Crippen molar-refractivity contribution in [3.05, 3.63) is 18.2 Å². The van der Waals surface area contributed by atoms with Gasteiger partial charge in [0.05, 0.1) is 4.90 Å². The fraction of sp³-hybridized carbons (Fsp3) is 0.357. The first-order valence-corrected chi connectivity index (χ1v) is 9.68. The number of nitrogens with one attached hydrogen (secondary N) is 1. The van der Waals surface area contributed by atoms with Crippen LogP contribution in [0, 0.1) is 0 Å². The maximum Gasteiger partial charge on any atom is 0.318 e. The van der Waals surface area contributed by atoms with Crippen molar-refractivity contribution in [2.75, 3.05) is 19.8 Å². The van der Waals surface area contributed by atoms with Crippen molar-refractivity contribution in [3.8, 4) is 0 Å². The van der Waals surface area contributed by atoms with Gasteiger partial charge in [0.1, 0.15) is 5.52 Å². The Bertz CT molecular complexity index is 892. The first kappa shape index (κ1) is 19.2. The zero-order valence-electron chi connectivity index (χ0n) is 13.7. The highest BCUT2D eigenvalue weighted by Gasteiger charge is 2.19. The Morgan fingerprint density at radius 3 is 2.72 bits per heavy atom. The van der Waals surface area contributed by atoms with Crippen molar-refractivity contribution >= 4 is 44.8 Å². The van der Waals surface area contributed by atoms with Crippen molar-refractivity contribution in [3.63, 3.8) is 0 Å². The fourth-order valence-corrected chi connectivity index (χ4v) is 3.61. The molecule has 0 radical (unpaired) electrons. The lowest BCUT2D eigenvalue weighted by Gasteiger charge is -2.10. The molecule has 0 bridgehead atoms. The van der Waals surface area contributed by atoms with Gasteiger partial charge in [-0.25, -0.2) is 22.5 Å². The number of rotatable bonds is 7. The molecule has 0 spiro atoms. The van der Waals surface area contributed by atoms with Crippen LogP contribution < -0.4 is 11.1 Å². The second-order valence-electron chi connectivity index (χ2n) is 5.26. The molecular weight excluding hydrogens is 368 g/mol. The van der Waals surface area contributed by atoms with Crippen LogP contribution in [0.15, 0.2) is 32.7 Å². The summed E-state index contributed by atoms with van der Waals surface area (Å²) in [6, 6.07) is 3.60. The van der Waals surface area contributed by atoms with Crippen LogP contribution >= 0.6 is 11.8 Å². The largest absolute Gasteiger partial charge is 0.431 e. The first-order chi connectivity index (χ1) is 11.7. The molecule has 0 aliphatic rings. The van der Waals surface area contributed by atoms with Gasteiger partial charge >= 0.3 is 6.03 Å². The Kier molecular flexibility index (Phi) is 6.03. The number of aromatic nitrogens is 1. The van der Waals surface area contributed by atoms with Gasteiger partial charge < -0.3 is 10.2 Å². The van der Waals surface area contributed by atoms with Crippen LogP contribution in [0.2, 0.25) is 0 Å². The van der Waals surface area contributed by atoms with Gasteiger partial charge in [0.2, 0.25) is 15.9 Å². The van der Waals surface area contributed by atoms with Crippen LogP contribution in [-0.4, -0.2) is 49.5 Å². The number of carbonyl (C=O) groups excluding carboxylic acids is 2. The number of oxazole rings is 1. The van der Waals surface area contributed by atoms with Gasteiger partial charge in [-0.2, -0.15) is 0 Å². The lowest BCUT2D eigenvalue weighted by Crippen LogP contribution is -2.34. The Balaban J connectivity index is 2.00. The molecule has 3 amide bonds. The SMILES string of the molecule is CN(C)S(=O)(=O)c1ccc2oc(SCCCC(=O)NC(N)=O)nc2c1. The summed E-state index contributed by atoms with van der Waals surface area (Å²) in [6.07, 6.45) is 0.657. The van der Waals surface area contributed by atoms with Gasteiger partial charge in [-0.05, 0) is 24.6 Å². The zero-order valence-corrected chi connectivity index (χ0v) is 15.3. The highest BCUT2D eigenvalue weighted by Crippen LogP contribution is 2.26. The summed E-state index contributed by atoms with van der Waals surface area (Å²) in [4.78, 5) is 26.2. The molecule has 2 aromatic rings. The van der Waals surface area contributed by atoms with Gasteiger partial charge in [0.25, 0.3) is 5.22 Å². The van der Waals surface area contributed by atoms with Crippen LogP contribution in [0.1, 0.15) is 12.8 Å². The van der Waals surface area contributed by atoms with E-state index in [2.05, 4.69) is 4.98 Å². The van der Waals surface area contributed by atoms with E-state index in [0.29, 0.717) is 28.5 Å². The lowest BCUT2D eigenvalue weighted by molar-refractivity contribution is -0.119. The molecule has 1 heterocycles. The summed E-state index contributed by atoms with van der Waals surface area (Å²) in [5, 5.41) is 2.36. The number of urea groups is 1. The van der Waals surface area contributed by atoms with Crippen molar-refractivity contribution < 1.29 is 22.4 Å². The normalized spacial score (nSPS) is 11.8. The maximum atomic E-state index is 12.1. The molecular formula is C14H18N4O5S2. The summed E-state index contributed by atoms with van der Waals surface area (Å²) in [5.41, 5.74) is 5.77. The summed E-state index contributed by atoms with van der Waals surface area (Å²) < 4.78 is 30.9. The minimum absolute atomic E-state index is 0.137. The third-order valence-corrected chi connectivity index (χ3v) is 5.88. The molecule has 0 aliphatic heterocycles. The lowest BCUT2D eigenvalue weighted by atomic mass is 10.3. The molecule has 0 saturated heterocycles. The first-order valence-electron chi connectivity index (χ1n) is 7.25. The van der Waals surface area contributed by atoms with E-state index in [4.69, 9.17) is 10.2 Å². The number of amides is 3. The third-order valence-electron chi connectivity index (χ3n) is 3.15. The average Bonchev–Trinajstić information content (AvgIpc) is 2.92. The Morgan fingerprint density at radius 2 is 2.08 bits per heavy atom. The van der Waals surface area contributed by atoms with E-state index in [1.807, 2.05) is 5.32 Å². The minimum atomic E-state index is -3.54. The van der Waals surface area contributed by atoms with E-state index in [0.717, 1.165) is 4.31 Å². The van der Waals surface area contributed by atoms with Crippen molar-refractivity contribution in [1.82, 2.24) is 14.6 Å². The highest BCUT2D eigenvalue weighted by molar-refractivity contribution is 7.99. The van der Waals surface area contributed by atoms with E-state index in [-0.39, 0.29) is 11.3 Å². The third kappa shape index (κ3) is 4.94. The Hall–Kier alpha value is -2.11. The van der Waals surface area contributed by atoms with E-state index in [9.17, 15) is 18.0 Å². The summed E-state index contributed by atoms with van der Waals surface area (Å²) in [5.74, 6) is 0.103. The van der Waals surface area contributed by atoms with Gasteiger partial charge in [-0.3, -0.25) is 10.1 Å². The van der Waals surface area contributed by atoms with Gasteiger partial charge in [-0.1, -0.05) is 11.8 Å². The number of hydrogen-bond acceptors (Lipinski definition) is 7. The number of primary amides is 1. The molecule has 11 heteroatoms. The number of nitrogens with zero attached hydrogens (tertiary/aromatic N) is 2. The number of imide groups is 1. The van der Waals surface area contributed by atoms with Crippen LogP contribution in [-0.2, 0) is 14.8 Å². The molecule has 136 valence electrons. The van der Waals surface area contributed by atoms with Crippen LogP contribution in [0.4, 0.5) is 4.79 Å². The van der Waals surface area contributed by atoms with Crippen molar-refractivity contribution in [2.45, 2.75) is 23.0 Å². The van der Waals surface area contributed by atoms with E-state index in [1.54, 1.807) is 6.07 Å². The molecule has 25 heavy (non-hydrogen) atoms. The predicted octanol–water partition coefficient (Wildman–Crippen LogP) is 1.15. The molecule has 0 atom stereocenters. The number of thioether (sulfide) groups is 1.